The molecule has 2 N–H and O–H groups in total. The number of rotatable bonds is 3. The minimum Gasteiger partial charge on any atom is -0.277 e. The highest BCUT2D eigenvalue weighted by Gasteiger charge is 2.02. The Balaban J connectivity index is 3.44. The van der Waals surface area contributed by atoms with Crippen LogP contribution < -0.4 is 5.84 Å². The van der Waals surface area contributed by atoms with Crippen molar-refractivity contribution in [2.45, 2.75) is 12.3 Å². The van der Waals surface area contributed by atoms with Crippen molar-refractivity contribution in [3.63, 3.8) is 0 Å². The summed E-state index contributed by atoms with van der Waals surface area (Å²) >= 11 is 1.53. The fourth-order valence-electron chi connectivity index (χ4n) is 0.207. The maximum absolute atomic E-state index is 9.89. The summed E-state index contributed by atoms with van der Waals surface area (Å²) in [5.74, 6) is 5.17. The SMILES string of the molecule is CSC(C)N(N)C=O. The van der Waals surface area contributed by atoms with Gasteiger partial charge in [-0.05, 0) is 13.2 Å². The average molecular weight is 134 g/mol. The predicted octanol–water partition coefficient (Wildman–Crippen LogP) is 0.0275. The molecule has 0 fully saturated rings. The highest BCUT2D eigenvalue weighted by atomic mass is 32.2. The van der Waals surface area contributed by atoms with Crippen LogP contribution in [0.4, 0.5) is 0 Å². The second-order valence-electron chi connectivity index (χ2n) is 1.39. The van der Waals surface area contributed by atoms with Crippen LogP contribution in [0.15, 0.2) is 0 Å². The first-order valence-electron chi connectivity index (χ1n) is 2.23. The molecule has 0 aromatic rings. The van der Waals surface area contributed by atoms with Gasteiger partial charge in [0.05, 0.1) is 5.37 Å². The quantitative estimate of drug-likeness (QED) is 0.195. The van der Waals surface area contributed by atoms with Crippen molar-refractivity contribution >= 4 is 18.2 Å². The minimum absolute atomic E-state index is 0.0764. The largest absolute Gasteiger partial charge is 0.277 e. The lowest BCUT2D eigenvalue weighted by molar-refractivity contribution is -0.118. The molecular weight excluding hydrogens is 124 g/mol. The molecule has 0 aliphatic carbocycles. The molecule has 0 aliphatic heterocycles. The zero-order valence-corrected chi connectivity index (χ0v) is 5.81. The summed E-state index contributed by atoms with van der Waals surface area (Å²) in [6.45, 7) is 1.86. The maximum atomic E-state index is 9.89. The second kappa shape index (κ2) is 3.74. The molecule has 0 saturated heterocycles. The van der Waals surface area contributed by atoms with E-state index in [1.54, 1.807) is 0 Å². The fraction of sp³-hybridized carbons (Fsp3) is 0.750. The van der Waals surface area contributed by atoms with Crippen LogP contribution in [-0.2, 0) is 4.79 Å². The number of thioether (sulfide) groups is 1. The van der Waals surface area contributed by atoms with E-state index in [0.29, 0.717) is 6.41 Å². The Bertz CT molecular complexity index is 78.4. The van der Waals surface area contributed by atoms with Gasteiger partial charge in [0.2, 0.25) is 6.41 Å². The molecule has 1 amide bonds. The van der Waals surface area contributed by atoms with E-state index in [9.17, 15) is 4.79 Å². The average Bonchev–Trinajstić information content (AvgIpc) is 1.84. The molecule has 0 aromatic heterocycles. The van der Waals surface area contributed by atoms with Crippen molar-refractivity contribution in [3.05, 3.63) is 0 Å². The van der Waals surface area contributed by atoms with E-state index < -0.39 is 0 Å². The summed E-state index contributed by atoms with van der Waals surface area (Å²) in [4.78, 5) is 9.89. The Kier molecular flexibility index (Phi) is 3.64. The highest BCUT2D eigenvalue weighted by Crippen LogP contribution is 2.04. The molecule has 0 aromatic carbocycles. The number of carbonyl (C=O) groups is 1. The first kappa shape index (κ1) is 7.78. The third kappa shape index (κ3) is 2.18. The number of hydrogen-bond donors (Lipinski definition) is 1. The topological polar surface area (TPSA) is 46.3 Å². The van der Waals surface area contributed by atoms with Crippen molar-refractivity contribution in [3.8, 4) is 0 Å². The zero-order chi connectivity index (χ0) is 6.57. The number of amides is 1. The van der Waals surface area contributed by atoms with E-state index in [2.05, 4.69) is 0 Å². The van der Waals surface area contributed by atoms with Gasteiger partial charge in [0.25, 0.3) is 0 Å². The second-order valence-corrected chi connectivity index (χ2v) is 2.54. The normalized spacial score (nSPS) is 12.9. The van der Waals surface area contributed by atoms with Gasteiger partial charge in [-0.3, -0.25) is 9.80 Å². The van der Waals surface area contributed by atoms with Crippen LogP contribution in [0, 0.1) is 0 Å². The molecule has 8 heavy (non-hydrogen) atoms. The van der Waals surface area contributed by atoms with Gasteiger partial charge in [-0.25, -0.2) is 5.84 Å². The van der Waals surface area contributed by atoms with Crippen LogP contribution >= 0.6 is 11.8 Å². The van der Waals surface area contributed by atoms with E-state index in [1.807, 2.05) is 13.2 Å². The Morgan fingerprint density at radius 3 is 2.50 bits per heavy atom. The lowest BCUT2D eigenvalue weighted by Crippen LogP contribution is -2.35. The minimum atomic E-state index is 0.0764. The molecule has 0 spiro atoms. The van der Waals surface area contributed by atoms with Gasteiger partial charge >= 0.3 is 0 Å². The van der Waals surface area contributed by atoms with Gasteiger partial charge in [0.1, 0.15) is 0 Å². The fourth-order valence-corrected chi connectivity index (χ4v) is 0.501. The third-order valence-electron chi connectivity index (χ3n) is 0.883. The Labute approximate surface area is 53.2 Å². The summed E-state index contributed by atoms with van der Waals surface area (Å²) in [5.41, 5.74) is 0. The molecule has 0 rings (SSSR count). The molecule has 0 saturated carbocycles. The molecule has 1 unspecified atom stereocenters. The van der Waals surface area contributed by atoms with Crippen LogP contribution in [0.2, 0.25) is 0 Å². The molecule has 0 heterocycles. The summed E-state index contributed by atoms with van der Waals surface area (Å²) < 4.78 is 0. The van der Waals surface area contributed by atoms with Crippen molar-refractivity contribution in [1.29, 1.82) is 0 Å². The Morgan fingerprint density at radius 2 is 2.38 bits per heavy atom. The summed E-state index contributed by atoms with van der Waals surface area (Å²) in [7, 11) is 0. The zero-order valence-electron chi connectivity index (χ0n) is 5.00. The van der Waals surface area contributed by atoms with Crippen molar-refractivity contribution in [2.24, 2.45) is 5.84 Å². The van der Waals surface area contributed by atoms with E-state index in [4.69, 9.17) is 5.84 Å². The summed E-state index contributed by atoms with van der Waals surface area (Å²) in [5, 5.41) is 1.21. The van der Waals surface area contributed by atoms with Gasteiger partial charge in [-0.1, -0.05) is 0 Å². The molecule has 0 bridgehead atoms. The lowest BCUT2D eigenvalue weighted by Gasteiger charge is -2.15. The Morgan fingerprint density at radius 1 is 1.88 bits per heavy atom. The third-order valence-corrected chi connectivity index (χ3v) is 1.81. The molecule has 48 valence electrons. The van der Waals surface area contributed by atoms with Crippen LogP contribution in [0.1, 0.15) is 6.92 Å². The van der Waals surface area contributed by atoms with Crippen molar-refractivity contribution < 1.29 is 4.79 Å². The van der Waals surface area contributed by atoms with Gasteiger partial charge in [-0.15, -0.1) is 11.8 Å². The van der Waals surface area contributed by atoms with Crippen LogP contribution in [-0.4, -0.2) is 23.0 Å². The summed E-state index contributed by atoms with van der Waals surface area (Å²) in [6.07, 6.45) is 2.51. The van der Waals surface area contributed by atoms with Gasteiger partial charge in [0, 0.05) is 0 Å². The molecule has 1 atom stereocenters. The number of carbonyl (C=O) groups excluding carboxylic acids is 1. The highest BCUT2D eigenvalue weighted by molar-refractivity contribution is 7.99. The first-order valence-corrected chi connectivity index (χ1v) is 3.52. The number of hydrogen-bond acceptors (Lipinski definition) is 3. The van der Waals surface area contributed by atoms with Gasteiger partial charge in [0.15, 0.2) is 0 Å². The molecule has 4 heteroatoms. The van der Waals surface area contributed by atoms with E-state index in [-0.39, 0.29) is 5.37 Å². The molecular formula is C4H10N2OS. The molecule has 3 nitrogen and oxygen atoms in total. The van der Waals surface area contributed by atoms with Crippen molar-refractivity contribution in [2.75, 3.05) is 6.26 Å². The van der Waals surface area contributed by atoms with Gasteiger partial charge in [-0.2, -0.15) is 0 Å². The number of nitrogens with zero attached hydrogens (tertiary/aromatic N) is 1. The van der Waals surface area contributed by atoms with E-state index >= 15 is 0 Å². The lowest BCUT2D eigenvalue weighted by atomic mass is 10.7. The van der Waals surface area contributed by atoms with Crippen LogP contribution in [0.3, 0.4) is 0 Å². The summed E-state index contributed by atoms with van der Waals surface area (Å²) in [6, 6.07) is 0. The standard InChI is InChI=1S/C4H10N2OS/c1-4(8-2)6(5)3-7/h3-4H,5H2,1-2H3. The molecule has 0 aliphatic rings. The van der Waals surface area contributed by atoms with Gasteiger partial charge < -0.3 is 0 Å². The maximum Gasteiger partial charge on any atom is 0.224 e. The Hall–Kier alpha value is -0.220. The predicted molar refractivity (Wildman–Crippen MR) is 35.1 cm³/mol. The van der Waals surface area contributed by atoms with Crippen molar-refractivity contribution in [1.82, 2.24) is 5.01 Å². The number of hydrazine groups is 1. The first-order chi connectivity index (χ1) is 3.72. The van der Waals surface area contributed by atoms with Crippen LogP contribution in [0.5, 0.6) is 0 Å². The smallest absolute Gasteiger partial charge is 0.224 e. The monoisotopic (exact) mass is 134 g/mol. The van der Waals surface area contributed by atoms with E-state index in [1.165, 1.54) is 11.8 Å². The van der Waals surface area contributed by atoms with Crippen LogP contribution in [0.25, 0.3) is 0 Å². The number of nitrogens with two attached hydrogens (primary N) is 1. The molecule has 0 radical (unpaired) electrons. The van der Waals surface area contributed by atoms with E-state index in [0.717, 1.165) is 5.01 Å².